The van der Waals surface area contributed by atoms with Crippen LogP contribution in [0.4, 0.5) is 0 Å². The Labute approximate surface area is 133 Å². The molecule has 0 amide bonds. The molecule has 1 nitrogen and oxygen atoms in total. The molecule has 1 aliphatic carbocycles. The van der Waals surface area contributed by atoms with E-state index in [9.17, 15) is 0 Å². The molecule has 0 unspecified atom stereocenters. The fourth-order valence-corrected chi connectivity index (χ4v) is 3.63. The number of unbranched alkanes of at least 4 members (excludes halogenated alkanes) is 1. The summed E-state index contributed by atoms with van der Waals surface area (Å²) in [7, 11) is 0. The van der Waals surface area contributed by atoms with Crippen LogP contribution in [0, 0.1) is 11.3 Å². The van der Waals surface area contributed by atoms with Gasteiger partial charge in [0.05, 0.1) is 0 Å². The summed E-state index contributed by atoms with van der Waals surface area (Å²) in [5.41, 5.74) is 8.96. The highest BCUT2D eigenvalue weighted by Gasteiger charge is 2.22. The first kappa shape index (κ1) is 15.0. The Balaban J connectivity index is 1.95. The van der Waals surface area contributed by atoms with Crippen molar-refractivity contribution in [1.29, 1.82) is 5.41 Å². The van der Waals surface area contributed by atoms with E-state index in [0.29, 0.717) is 5.92 Å². The molecule has 0 fully saturated rings. The normalized spacial score (nSPS) is 12.3. The molecule has 0 saturated carbocycles. The van der Waals surface area contributed by atoms with Crippen LogP contribution in [0.15, 0.2) is 36.4 Å². The molecular weight excluding hydrogens is 266 g/mol. The molecule has 1 N–H and O–H groups in total. The number of aryl methyl sites for hydroxylation is 1. The lowest BCUT2D eigenvalue weighted by Crippen LogP contribution is -1.99. The second-order valence-corrected chi connectivity index (χ2v) is 6.76. The Morgan fingerprint density at radius 3 is 2.27 bits per heavy atom. The Morgan fingerprint density at radius 1 is 1.00 bits per heavy atom. The number of fused-ring (bicyclic) bond motifs is 3. The van der Waals surface area contributed by atoms with Gasteiger partial charge in [-0.15, -0.1) is 0 Å². The van der Waals surface area contributed by atoms with Crippen molar-refractivity contribution in [2.24, 2.45) is 5.92 Å². The van der Waals surface area contributed by atoms with Crippen LogP contribution in [-0.2, 0) is 19.3 Å². The lowest BCUT2D eigenvalue weighted by Gasteiger charge is -2.10. The van der Waals surface area contributed by atoms with Crippen LogP contribution in [0.5, 0.6) is 0 Å². The van der Waals surface area contributed by atoms with E-state index in [0.717, 1.165) is 25.7 Å². The van der Waals surface area contributed by atoms with Gasteiger partial charge in [0.2, 0.25) is 0 Å². The van der Waals surface area contributed by atoms with Crippen molar-refractivity contribution >= 4 is 6.21 Å². The van der Waals surface area contributed by atoms with Crippen molar-refractivity contribution in [2.45, 2.75) is 46.0 Å². The summed E-state index contributed by atoms with van der Waals surface area (Å²) in [6.07, 6.45) is 6.84. The first-order chi connectivity index (χ1) is 10.7. The van der Waals surface area contributed by atoms with Crippen LogP contribution >= 0.6 is 0 Å². The zero-order valence-corrected chi connectivity index (χ0v) is 13.7. The number of nitrogens with one attached hydrogen (secondary N) is 1. The van der Waals surface area contributed by atoms with Gasteiger partial charge in [0.25, 0.3) is 0 Å². The lowest BCUT2D eigenvalue weighted by molar-refractivity contribution is 0.644. The standard InChI is InChI=1S/C21H25N/c1-15(2)13-17-9-6-11-19-18-10-5-8-16(7-3-4-12-22)20(18)14-21(17)19/h5-6,8-12,15,22H,3-4,7,13-14H2,1-2H3. The van der Waals surface area contributed by atoms with E-state index in [-0.39, 0.29) is 0 Å². The first-order valence-corrected chi connectivity index (χ1v) is 8.41. The topological polar surface area (TPSA) is 23.9 Å². The molecule has 0 saturated heterocycles. The minimum absolute atomic E-state index is 0.697. The van der Waals surface area contributed by atoms with E-state index in [1.54, 1.807) is 5.56 Å². The number of benzene rings is 2. The van der Waals surface area contributed by atoms with E-state index in [1.807, 2.05) is 0 Å². The SMILES string of the molecule is CC(C)Cc1cccc2c1Cc1c(CCCC=N)cccc1-2. The Hall–Kier alpha value is -1.89. The second-order valence-electron chi connectivity index (χ2n) is 6.76. The molecule has 1 heteroatoms. The predicted octanol–water partition coefficient (Wildman–Crippen LogP) is 5.43. The van der Waals surface area contributed by atoms with E-state index < -0.39 is 0 Å². The summed E-state index contributed by atoms with van der Waals surface area (Å²) in [5.74, 6) is 0.697. The summed E-state index contributed by atoms with van der Waals surface area (Å²) >= 11 is 0. The molecular formula is C21H25N. The number of rotatable bonds is 6. The fourth-order valence-electron chi connectivity index (χ4n) is 3.63. The van der Waals surface area contributed by atoms with E-state index in [1.165, 1.54) is 40.5 Å². The molecule has 0 atom stereocenters. The molecule has 114 valence electrons. The maximum atomic E-state index is 7.20. The molecule has 2 aromatic carbocycles. The van der Waals surface area contributed by atoms with Gasteiger partial charge in [-0.2, -0.15) is 0 Å². The monoisotopic (exact) mass is 291 g/mol. The Morgan fingerprint density at radius 2 is 1.64 bits per heavy atom. The highest BCUT2D eigenvalue weighted by molar-refractivity contribution is 5.79. The lowest BCUT2D eigenvalue weighted by atomic mass is 9.95. The van der Waals surface area contributed by atoms with Crippen LogP contribution in [0.25, 0.3) is 11.1 Å². The highest BCUT2D eigenvalue weighted by atomic mass is 14.3. The molecule has 3 rings (SSSR count). The minimum Gasteiger partial charge on any atom is -0.313 e. The molecule has 2 aromatic rings. The molecule has 0 radical (unpaired) electrons. The van der Waals surface area contributed by atoms with Gasteiger partial charge in [-0.05, 0) is 77.6 Å². The number of hydrogen-bond donors (Lipinski definition) is 1. The maximum Gasteiger partial charge on any atom is -0.000798 e. The second kappa shape index (κ2) is 6.48. The smallest absolute Gasteiger partial charge is 0.000798 e. The Bertz CT molecular complexity index is 682. The minimum atomic E-state index is 0.697. The summed E-state index contributed by atoms with van der Waals surface area (Å²) in [6, 6.07) is 13.6. The predicted molar refractivity (Wildman–Crippen MR) is 94.9 cm³/mol. The third-order valence-corrected chi connectivity index (χ3v) is 4.61. The van der Waals surface area contributed by atoms with Crippen LogP contribution in [0.1, 0.15) is 48.9 Å². The summed E-state index contributed by atoms with van der Waals surface area (Å²) in [4.78, 5) is 0. The van der Waals surface area contributed by atoms with Gasteiger partial charge in [-0.3, -0.25) is 0 Å². The van der Waals surface area contributed by atoms with Crippen LogP contribution in [0.3, 0.4) is 0 Å². The quantitative estimate of drug-likeness (QED) is 0.462. The van der Waals surface area contributed by atoms with Crippen molar-refractivity contribution < 1.29 is 0 Å². The van der Waals surface area contributed by atoms with Crippen molar-refractivity contribution in [1.82, 2.24) is 0 Å². The van der Waals surface area contributed by atoms with Gasteiger partial charge in [0, 0.05) is 0 Å². The first-order valence-electron chi connectivity index (χ1n) is 8.41. The van der Waals surface area contributed by atoms with E-state index >= 15 is 0 Å². The van der Waals surface area contributed by atoms with Crippen molar-refractivity contribution in [3.63, 3.8) is 0 Å². The van der Waals surface area contributed by atoms with Crippen molar-refractivity contribution in [3.8, 4) is 11.1 Å². The van der Waals surface area contributed by atoms with Gasteiger partial charge in [0.15, 0.2) is 0 Å². The zero-order chi connectivity index (χ0) is 15.5. The average molecular weight is 291 g/mol. The van der Waals surface area contributed by atoms with Crippen LogP contribution in [-0.4, -0.2) is 6.21 Å². The van der Waals surface area contributed by atoms with Gasteiger partial charge in [-0.25, -0.2) is 0 Å². The maximum absolute atomic E-state index is 7.20. The van der Waals surface area contributed by atoms with E-state index in [4.69, 9.17) is 5.41 Å². The molecule has 0 aromatic heterocycles. The van der Waals surface area contributed by atoms with Crippen molar-refractivity contribution in [3.05, 3.63) is 58.7 Å². The Kier molecular flexibility index (Phi) is 4.42. The largest absolute Gasteiger partial charge is 0.313 e. The average Bonchev–Trinajstić information content (AvgIpc) is 2.88. The van der Waals surface area contributed by atoms with Gasteiger partial charge in [0.1, 0.15) is 0 Å². The summed E-state index contributed by atoms with van der Waals surface area (Å²) in [6.45, 7) is 4.59. The molecule has 22 heavy (non-hydrogen) atoms. The van der Waals surface area contributed by atoms with Crippen LogP contribution in [0.2, 0.25) is 0 Å². The molecule has 0 bridgehead atoms. The summed E-state index contributed by atoms with van der Waals surface area (Å²) in [5, 5.41) is 7.20. The van der Waals surface area contributed by atoms with Crippen molar-refractivity contribution in [2.75, 3.05) is 0 Å². The fraction of sp³-hybridized carbons (Fsp3) is 0.381. The third-order valence-electron chi connectivity index (χ3n) is 4.61. The van der Waals surface area contributed by atoms with Gasteiger partial charge >= 0.3 is 0 Å². The van der Waals surface area contributed by atoms with Gasteiger partial charge < -0.3 is 5.41 Å². The zero-order valence-electron chi connectivity index (χ0n) is 13.7. The van der Waals surface area contributed by atoms with Crippen LogP contribution < -0.4 is 0 Å². The third kappa shape index (κ3) is 2.85. The van der Waals surface area contributed by atoms with E-state index in [2.05, 4.69) is 50.2 Å². The summed E-state index contributed by atoms with van der Waals surface area (Å²) < 4.78 is 0. The molecule has 0 heterocycles. The number of hydrogen-bond acceptors (Lipinski definition) is 1. The molecule has 0 aliphatic heterocycles. The van der Waals surface area contributed by atoms with Gasteiger partial charge in [-0.1, -0.05) is 50.2 Å². The highest BCUT2D eigenvalue weighted by Crippen LogP contribution is 2.40. The molecule has 1 aliphatic rings. The molecule has 0 spiro atoms.